The van der Waals surface area contributed by atoms with Gasteiger partial charge in [-0.05, 0) is 42.2 Å². The second kappa shape index (κ2) is 26.6. The number of carbonyl (C=O) groups is 5. The lowest BCUT2D eigenvalue weighted by atomic mass is 9.98. The van der Waals surface area contributed by atoms with Crippen molar-refractivity contribution in [2.75, 3.05) is 64.7 Å². The molecule has 1 saturated heterocycles. The predicted octanol–water partition coefficient (Wildman–Crippen LogP) is -1.44. The average molecular weight is 1140 g/mol. The number of nitrogens with two attached hydrogens (primary N) is 1. The van der Waals surface area contributed by atoms with E-state index < -0.39 is 113 Å². The van der Waals surface area contributed by atoms with E-state index in [0.29, 0.717) is 16.9 Å². The first-order chi connectivity index (χ1) is 37.5. The number of benzene rings is 2. The first-order valence-electron chi connectivity index (χ1n) is 24.6. The van der Waals surface area contributed by atoms with Crippen molar-refractivity contribution in [3.05, 3.63) is 89.8 Å². The van der Waals surface area contributed by atoms with E-state index in [4.69, 9.17) is 28.8 Å². The zero-order valence-corrected chi connectivity index (χ0v) is 42.7. The summed E-state index contributed by atoms with van der Waals surface area (Å²) in [6, 6.07) is 11.9. The summed E-state index contributed by atoms with van der Waals surface area (Å²) >= 11 is 0. The number of fused-ring (bicyclic) bond motifs is 1. The van der Waals surface area contributed by atoms with E-state index in [1.165, 1.54) is 53.1 Å². The number of aliphatic carboxylic acids is 1. The third-order valence-corrected chi connectivity index (χ3v) is 13.5. The van der Waals surface area contributed by atoms with E-state index in [1.54, 1.807) is 16.8 Å². The molecule has 2 aromatic carbocycles. The quantitative estimate of drug-likeness (QED) is 0.0187. The molecule has 4 aromatic rings. The zero-order chi connectivity index (χ0) is 57.2. The summed E-state index contributed by atoms with van der Waals surface area (Å²) in [5.41, 5.74) is 0.364. The number of aliphatic hydroxyl groups excluding tert-OH is 5. The molecule has 1 saturated carbocycles. The van der Waals surface area contributed by atoms with Crippen molar-refractivity contribution in [1.82, 2.24) is 19.8 Å². The molecule has 10 N–H and O–H groups in total. The molecule has 3 aliphatic rings. The third-order valence-electron chi connectivity index (χ3n) is 13.0. The predicted molar refractivity (Wildman–Crippen MR) is 262 cm³/mol. The summed E-state index contributed by atoms with van der Waals surface area (Å²) in [4.78, 5) is 62.1. The lowest BCUT2D eigenvalue weighted by Crippen LogP contribution is -2.61. The van der Waals surface area contributed by atoms with Crippen LogP contribution in [0.5, 0.6) is 5.75 Å². The SMILES string of the molecule is NS(=O)(=O)OC[C@H]1C[C@@H](Cc2cc[n+](Cc3ccc(O[C@@H]4O[C@H](C(=O)O)[C@@H](O)[C@H](O)[C@H]4O)c(NC(=O)CCNC(=O)CCOCCOCCOCCN4C(=O)C=CC4=O)c3)c3cc(-c4cccc(C(F)(F)F)c4)nn23)[C@H](O)[C@@H]1O. The van der Waals surface area contributed by atoms with Crippen molar-refractivity contribution in [3.8, 4) is 17.0 Å². The Morgan fingerprint density at radius 1 is 0.823 bits per heavy atom. The highest BCUT2D eigenvalue weighted by Crippen LogP contribution is 2.36. The van der Waals surface area contributed by atoms with Crippen LogP contribution in [0.4, 0.5) is 18.9 Å². The monoisotopic (exact) mass is 1140 g/mol. The van der Waals surface area contributed by atoms with Crippen molar-refractivity contribution in [1.29, 1.82) is 0 Å². The number of amides is 4. The Bertz CT molecular complexity index is 2970. The number of rotatable bonds is 27. The van der Waals surface area contributed by atoms with Gasteiger partial charge in [0.05, 0.1) is 88.5 Å². The molecule has 430 valence electrons. The van der Waals surface area contributed by atoms with Crippen LogP contribution in [0.25, 0.3) is 16.9 Å². The van der Waals surface area contributed by atoms with Gasteiger partial charge in [0.25, 0.3) is 11.8 Å². The molecule has 0 unspecified atom stereocenters. The van der Waals surface area contributed by atoms with E-state index in [1.807, 2.05) is 0 Å². The number of anilines is 1. The second-order valence-electron chi connectivity index (χ2n) is 18.6. The van der Waals surface area contributed by atoms with Gasteiger partial charge in [-0.15, -0.1) is 4.52 Å². The van der Waals surface area contributed by atoms with E-state index in [2.05, 4.69) is 19.9 Å². The molecule has 30 heteroatoms. The number of aliphatic hydroxyl groups is 5. The number of nitrogens with zero attached hydrogens (tertiary/aromatic N) is 4. The van der Waals surface area contributed by atoms with Crippen molar-refractivity contribution >= 4 is 51.2 Å². The number of hydrogen-bond acceptors (Lipinski definition) is 19. The Labute approximate surface area is 448 Å². The second-order valence-corrected chi connectivity index (χ2v) is 19.8. The number of aromatic nitrogens is 3. The van der Waals surface area contributed by atoms with Crippen LogP contribution < -0.4 is 25.1 Å². The van der Waals surface area contributed by atoms with Gasteiger partial charge in [-0.1, -0.05) is 23.3 Å². The molecule has 1 aliphatic carbocycles. The van der Waals surface area contributed by atoms with E-state index >= 15 is 0 Å². The van der Waals surface area contributed by atoms with Crippen molar-refractivity contribution in [2.24, 2.45) is 17.0 Å². The number of hydrogen-bond donors (Lipinski definition) is 9. The minimum Gasteiger partial charge on any atom is -0.479 e. The molecule has 0 bridgehead atoms. The lowest BCUT2D eigenvalue weighted by molar-refractivity contribution is -0.665. The molecule has 4 amide bonds. The van der Waals surface area contributed by atoms with Gasteiger partial charge in [0, 0.05) is 55.5 Å². The number of alkyl halides is 3. The highest BCUT2D eigenvalue weighted by molar-refractivity contribution is 7.84. The molecule has 2 aromatic heterocycles. The van der Waals surface area contributed by atoms with Gasteiger partial charge < -0.3 is 65.0 Å². The molecule has 0 spiro atoms. The third kappa shape index (κ3) is 16.1. The maximum Gasteiger partial charge on any atom is 0.416 e. The highest BCUT2D eigenvalue weighted by atomic mass is 32.2. The maximum absolute atomic E-state index is 13.9. The maximum atomic E-state index is 13.9. The molecule has 0 radical (unpaired) electrons. The first kappa shape index (κ1) is 60.1. The van der Waals surface area contributed by atoms with Gasteiger partial charge in [0.15, 0.2) is 6.10 Å². The molecule has 79 heavy (non-hydrogen) atoms. The fourth-order valence-corrected chi connectivity index (χ4v) is 9.28. The lowest BCUT2D eigenvalue weighted by Gasteiger charge is -2.38. The van der Waals surface area contributed by atoms with Crippen LogP contribution in [0.15, 0.2) is 72.9 Å². The van der Waals surface area contributed by atoms with Crippen LogP contribution in [0.3, 0.4) is 0 Å². The van der Waals surface area contributed by atoms with Gasteiger partial charge in [0.2, 0.25) is 18.1 Å². The number of carbonyl (C=O) groups excluding carboxylic acids is 4. The van der Waals surface area contributed by atoms with E-state index in [-0.39, 0.29) is 108 Å². The standard InChI is InChI=1S/C49H58F3N7O19S/c50-49(51,52)31-3-1-2-28(22-31)33-24-38-57(12-9-32(59(38)56-33)23-29-21-30(42(65)41(29)64)26-76-79(53,71)72)25-27-4-5-35(77-48-45(68)43(66)44(67)46(78-48)47(69)70)34(20-27)55-37(61)8-11-54-36(60)10-14-73-16-18-75-19-17-74-15-13-58-39(62)6-7-40(58)63/h1-7,9,12,20,22,24,29-30,41-46,48,64-68H,8,10-11,13-19,21,23,25-26H2,(H4-,53,54,55,60,61,69,70,71,72)/p+1/t29-,30+,41-,42+,43-,44-,45+,46-,48+/m0/s1. The van der Waals surface area contributed by atoms with Crippen LogP contribution in [0.1, 0.15) is 36.1 Å². The van der Waals surface area contributed by atoms with Crippen LogP contribution in [-0.2, 0) is 76.5 Å². The number of imide groups is 1. The van der Waals surface area contributed by atoms with Crippen molar-refractivity contribution in [2.45, 2.75) is 81.3 Å². The van der Waals surface area contributed by atoms with Crippen LogP contribution >= 0.6 is 0 Å². The number of halogens is 3. The fraction of sp³-hybridized carbons (Fsp3) is 0.490. The zero-order valence-electron chi connectivity index (χ0n) is 41.9. The topological polar surface area (TPSA) is 371 Å². The minimum absolute atomic E-state index is 0.0231. The molecule has 2 fully saturated rings. The van der Waals surface area contributed by atoms with Gasteiger partial charge in [-0.3, -0.25) is 28.3 Å². The summed E-state index contributed by atoms with van der Waals surface area (Å²) in [6.07, 6.45) is -13.6. The Morgan fingerprint density at radius 2 is 1.51 bits per heavy atom. The first-order valence-corrected chi connectivity index (χ1v) is 26.1. The van der Waals surface area contributed by atoms with Gasteiger partial charge in [0.1, 0.15) is 42.0 Å². The largest absolute Gasteiger partial charge is 0.479 e. The van der Waals surface area contributed by atoms with Gasteiger partial charge in [-0.25, -0.2) is 14.5 Å². The molecular weight excluding hydrogens is 1080 g/mol. The van der Waals surface area contributed by atoms with E-state index in [9.17, 15) is 76.2 Å². The number of carboxylic acids is 1. The highest BCUT2D eigenvalue weighted by Gasteiger charge is 2.48. The molecule has 9 atom stereocenters. The minimum atomic E-state index is -4.68. The summed E-state index contributed by atoms with van der Waals surface area (Å²) < 4.78 is 99.6. The van der Waals surface area contributed by atoms with Gasteiger partial charge in [-0.2, -0.15) is 21.6 Å². The van der Waals surface area contributed by atoms with Crippen molar-refractivity contribution < 1.29 is 109 Å². The number of carboxylic acid groups (broad SMARTS) is 1. The van der Waals surface area contributed by atoms with Crippen molar-refractivity contribution in [3.63, 3.8) is 0 Å². The Morgan fingerprint density at radius 3 is 2.19 bits per heavy atom. The molecule has 7 rings (SSSR count). The van der Waals surface area contributed by atoms with Crippen LogP contribution in [-0.4, -0.2) is 185 Å². The Kier molecular flexibility index (Phi) is 20.2. The normalized spacial score (nSPS) is 23.4. The molecular formula is C49H59F3N7O19S+. The van der Waals surface area contributed by atoms with Crippen LogP contribution in [0, 0.1) is 11.8 Å². The smallest absolute Gasteiger partial charge is 0.416 e. The Balaban J connectivity index is 1.03. The fourth-order valence-electron chi connectivity index (χ4n) is 8.92. The summed E-state index contributed by atoms with van der Waals surface area (Å²) in [6.45, 7) is 0.353. The molecule has 4 heterocycles. The molecule has 26 nitrogen and oxygen atoms in total. The summed E-state index contributed by atoms with van der Waals surface area (Å²) in [7, 11) is -4.36. The Hall–Kier alpha value is -6.55. The van der Waals surface area contributed by atoms with Crippen LogP contribution in [0.2, 0.25) is 0 Å². The number of nitrogens with one attached hydrogen (secondary N) is 2. The van der Waals surface area contributed by atoms with Gasteiger partial charge >= 0.3 is 28.1 Å². The average Bonchev–Trinajstić information content (AvgIpc) is 4.14. The van der Waals surface area contributed by atoms with E-state index in [0.717, 1.165) is 17.0 Å². The number of ether oxygens (including phenoxy) is 5. The summed E-state index contributed by atoms with van der Waals surface area (Å²) in [5, 5.41) is 77.8. The molecule has 2 aliphatic heterocycles. The summed E-state index contributed by atoms with van der Waals surface area (Å²) in [5.74, 6) is -5.31.